The fourth-order valence-electron chi connectivity index (χ4n) is 18.2. The van der Waals surface area contributed by atoms with Crippen LogP contribution in [0.25, 0.3) is 0 Å². The Hall–Kier alpha value is -8.52. The van der Waals surface area contributed by atoms with E-state index in [2.05, 4.69) is 271 Å². The summed E-state index contributed by atoms with van der Waals surface area (Å²) in [5.74, 6) is 0. The lowest BCUT2D eigenvalue weighted by atomic mass is 9.67. The second-order valence-corrected chi connectivity index (χ2v) is 33.1. The molecule has 9 aromatic carbocycles. The Bertz CT molecular complexity index is 4730. The van der Waals surface area contributed by atoms with Gasteiger partial charge in [0.05, 0.1) is 29.6 Å². The number of hydrogen-bond donors (Lipinski definition) is 0. The average molecular weight is 1690 g/mol. The number of nitro groups is 2. The van der Waals surface area contributed by atoms with Crippen LogP contribution in [-0.2, 0) is 60.4 Å². The molecule has 110 heavy (non-hydrogen) atoms. The third-order valence-corrected chi connectivity index (χ3v) is 24.2. The SMILES string of the molecule is C[N+]1=C(C=CC=C2N(Cc3ccc(CN4C(=CC=CC5=[N+](C)c6c(Br)cc([N+](=O)[O-])cc6C56CCCCC6)C(Cc5ccccc5)(Cc5ccccc5)c5cc(Cl)ccc54)cc3)c3ccc(Cl)cc3C2(Cc2ccccc2)Cc2ccccc2)C2(CCCCC2)c2cc([N+](=O)[O-])cc(Br)c21.[O-][Cl+3]([O-])([O-])[O-].[O-][Cl+3]([O-])([O-])[O-]. The molecule has 4 aliphatic heterocycles. The van der Waals surface area contributed by atoms with E-state index >= 15 is 0 Å². The van der Waals surface area contributed by atoms with E-state index in [1.165, 1.54) is 33.4 Å². The van der Waals surface area contributed by atoms with Gasteiger partial charge in [-0.1, -0.05) is 219 Å². The predicted molar refractivity (Wildman–Crippen MR) is 413 cm³/mol. The molecule has 2 saturated carbocycles. The van der Waals surface area contributed by atoms with Gasteiger partial charge in [-0.05, 0) is 176 Å². The molecule has 2 spiro atoms. The Balaban J connectivity index is 0.00000100. The third-order valence-electron chi connectivity index (χ3n) is 22.5. The molecule has 2 aliphatic carbocycles. The van der Waals surface area contributed by atoms with Crippen LogP contribution in [0.4, 0.5) is 34.1 Å². The van der Waals surface area contributed by atoms with Gasteiger partial charge in [0.15, 0.2) is 11.4 Å². The zero-order valence-corrected chi connectivity index (χ0v) is 66.5. The molecule has 4 heterocycles. The Morgan fingerprint density at radius 1 is 0.418 bits per heavy atom. The van der Waals surface area contributed by atoms with Crippen LogP contribution in [-0.4, -0.2) is 44.5 Å². The molecule has 0 amide bonds. The first kappa shape index (κ1) is 79.6. The molecule has 0 aromatic heterocycles. The highest BCUT2D eigenvalue weighted by atomic mass is 79.9. The molecule has 15 rings (SSSR count). The minimum atomic E-state index is -4.94. The van der Waals surface area contributed by atoms with Crippen LogP contribution < -0.4 is 47.1 Å². The normalized spacial score (nSPS) is 17.9. The summed E-state index contributed by atoms with van der Waals surface area (Å²) in [6.45, 7) is 1.15. The first-order valence-electron chi connectivity index (χ1n) is 36.2. The van der Waals surface area contributed by atoms with Crippen molar-refractivity contribution >= 4 is 101 Å². The van der Waals surface area contributed by atoms with Crippen molar-refractivity contribution in [1.29, 1.82) is 0 Å². The summed E-state index contributed by atoms with van der Waals surface area (Å²) in [6.07, 6.45) is 26.7. The Labute approximate surface area is 669 Å². The van der Waals surface area contributed by atoms with E-state index < -0.39 is 31.3 Å². The largest absolute Gasteiger partial charge is 0.339 e. The second kappa shape index (κ2) is 33.0. The lowest BCUT2D eigenvalue weighted by Crippen LogP contribution is -2.68. The molecule has 0 bridgehead atoms. The molecular weight excluding hydrogens is 1610 g/mol. The van der Waals surface area contributed by atoms with Crippen molar-refractivity contribution in [2.24, 2.45) is 0 Å². The van der Waals surface area contributed by atoms with E-state index in [9.17, 15) is 20.2 Å². The predicted octanol–water partition coefficient (Wildman–Crippen LogP) is 12.5. The fraction of sp³-hybridized carbons (Fsp3) is 0.256. The number of nitro benzene ring substituents is 2. The lowest BCUT2D eigenvalue weighted by Gasteiger charge is -2.35. The Kier molecular flexibility index (Phi) is 23.9. The second-order valence-electron chi connectivity index (χ2n) is 29.0. The fourth-order valence-corrected chi connectivity index (χ4v) is 20.0. The maximum absolute atomic E-state index is 12.4. The molecule has 0 radical (unpaired) electrons. The molecule has 18 nitrogen and oxygen atoms in total. The number of benzene rings is 9. The molecule has 0 unspecified atom stereocenters. The summed E-state index contributed by atoms with van der Waals surface area (Å²) in [5, 5.41) is 26.3. The minimum absolute atomic E-state index is 0.102. The zero-order valence-electron chi connectivity index (χ0n) is 60.3. The van der Waals surface area contributed by atoms with Crippen molar-refractivity contribution in [1.82, 2.24) is 0 Å². The van der Waals surface area contributed by atoms with E-state index in [-0.39, 0.29) is 32.1 Å². The molecule has 0 atom stereocenters. The number of nitrogens with zero attached hydrogens (tertiary/aromatic N) is 6. The Morgan fingerprint density at radius 3 is 1.01 bits per heavy atom. The molecule has 6 aliphatic rings. The third kappa shape index (κ3) is 16.8. The summed E-state index contributed by atoms with van der Waals surface area (Å²) in [6, 6.07) is 72.3. The van der Waals surface area contributed by atoms with E-state index in [1.54, 1.807) is 12.1 Å². The van der Waals surface area contributed by atoms with Gasteiger partial charge in [0, 0.05) is 104 Å². The van der Waals surface area contributed by atoms with Crippen molar-refractivity contribution < 1.29 is 76.8 Å². The van der Waals surface area contributed by atoms with Gasteiger partial charge in [-0.15, -0.1) is 20.5 Å². The minimum Gasteiger partial charge on any atom is -0.339 e. The van der Waals surface area contributed by atoms with Crippen LogP contribution in [0.3, 0.4) is 0 Å². The van der Waals surface area contributed by atoms with Gasteiger partial charge in [-0.2, -0.15) is 9.15 Å². The Morgan fingerprint density at radius 2 is 0.718 bits per heavy atom. The quantitative estimate of drug-likeness (QED) is 0.0439. The summed E-state index contributed by atoms with van der Waals surface area (Å²) in [7, 11) is -5.66. The van der Waals surface area contributed by atoms with E-state index in [0.717, 1.165) is 141 Å². The van der Waals surface area contributed by atoms with Crippen LogP contribution in [0, 0.1) is 40.7 Å². The van der Waals surface area contributed by atoms with Crippen molar-refractivity contribution in [2.75, 3.05) is 23.9 Å². The summed E-state index contributed by atoms with van der Waals surface area (Å²) in [4.78, 5) is 29.4. The zero-order chi connectivity index (χ0) is 77.9. The highest BCUT2D eigenvalue weighted by molar-refractivity contribution is 9.11. The van der Waals surface area contributed by atoms with Crippen molar-refractivity contribution in [3.05, 3.63) is 349 Å². The average Bonchev–Trinajstić information content (AvgIpc) is 1.58. The monoisotopic (exact) mass is 1680 g/mol. The molecule has 24 heteroatoms. The van der Waals surface area contributed by atoms with Crippen molar-refractivity contribution in [2.45, 2.75) is 125 Å². The van der Waals surface area contributed by atoms with E-state index in [0.29, 0.717) is 48.8 Å². The van der Waals surface area contributed by atoms with Crippen molar-refractivity contribution in [3.63, 3.8) is 0 Å². The molecular formula is C86H78Br2Cl4N6O12. The van der Waals surface area contributed by atoms with Crippen molar-refractivity contribution in [3.8, 4) is 0 Å². The lowest BCUT2D eigenvalue weighted by molar-refractivity contribution is -2.00. The highest BCUT2D eigenvalue weighted by Gasteiger charge is 2.55. The summed E-state index contributed by atoms with van der Waals surface area (Å²) >= 11 is 22.0. The molecule has 2 fully saturated rings. The van der Waals surface area contributed by atoms with Crippen LogP contribution in [0.2, 0.25) is 10.0 Å². The van der Waals surface area contributed by atoms with Crippen LogP contribution in [0.15, 0.2) is 263 Å². The number of non-ortho nitro benzene ring substituents is 2. The summed E-state index contributed by atoms with van der Waals surface area (Å²) < 4.78 is 73.9. The molecule has 566 valence electrons. The van der Waals surface area contributed by atoms with Gasteiger partial charge in [-0.3, -0.25) is 20.2 Å². The van der Waals surface area contributed by atoms with Gasteiger partial charge in [-0.25, -0.2) is 37.3 Å². The molecule has 0 saturated heterocycles. The number of fused-ring (bicyclic) bond motifs is 6. The van der Waals surface area contributed by atoms with Gasteiger partial charge >= 0.3 is 0 Å². The number of halogens is 6. The van der Waals surface area contributed by atoms with Gasteiger partial charge in [0.25, 0.3) is 11.4 Å². The number of hydrogen-bond acceptors (Lipinski definition) is 14. The maximum atomic E-state index is 12.4. The topological polar surface area (TPSA) is 283 Å². The van der Waals surface area contributed by atoms with Gasteiger partial charge < -0.3 is 9.80 Å². The van der Waals surface area contributed by atoms with Crippen LogP contribution >= 0.6 is 55.1 Å². The number of rotatable bonds is 18. The van der Waals surface area contributed by atoms with Crippen LogP contribution in [0.5, 0.6) is 0 Å². The van der Waals surface area contributed by atoms with E-state index in [4.69, 9.17) is 60.5 Å². The first-order valence-corrected chi connectivity index (χ1v) is 41.0. The van der Waals surface area contributed by atoms with Gasteiger partial charge in [0.1, 0.15) is 14.1 Å². The first-order chi connectivity index (χ1) is 52.6. The number of allylic oxidation sites excluding steroid dienone is 8. The molecule has 9 aromatic rings. The molecule has 0 N–H and O–H groups in total. The smallest absolute Gasteiger partial charge is 0.271 e. The van der Waals surface area contributed by atoms with Gasteiger partial charge in [0.2, 0.25) is 11.4 Å². The standard InChI is InChI=1S/C86H78Br2Cl2N6O4.2ClHO4/c1-91-77(83(43-17-7-18-44-83)71-49-67(95(97)98)51-73(87)81(71)91)31-21-33-79-85(53-59-23-9-3-10-24-59,54-60-25-11-4-12-26-60)69-47-65(89)39-41-75(69)93(79)57-63-35-37-64(38-36-63)58-94-76-42-40-66(90)48-70(76)86(55-61-27-13-5-14-28-61,56-62-29-15-6-16-30-62)80(94)34-22-32-78-84(45-19-8-20-46-84)72-50-68(96(99)100)52-74(88)82(72)92(78)2;2*2-1(3,4)5/h3-6,9-16,21-42,47-52H,7-8,17-20,43-46,53-58H2,1-2H3;2*(H,2,3,4,5)/q+2;;/p-2. The summed E-state index contributed by atoms with van der Waals surface area (Å²) in [5.41, 5.74) is 18.7. The van der Waals surface area contributed by atoms with Crippen LogP contribution in [0.1, 0.15) is 120 Å². The maximum Gasteiger partial charge on any atom is 0.271 e. The number of anilines is 2. The van der Waals surface area contributed by atoms with E-state index in [1.807, 2.05) is 24.3 Å². The highest BCUT2D eigenvalue weighted by Crippen LogP contribution is 2.58.